The summed E-state index contributed by atoms with van der Waals surface area (Å²) in [6.07, 6.45) is 1.70. The number of halogens is 1. The summed E-state index contributed by atoms with van der Waals surface area (Å²) in [6, 6.07) is 8.26. The molecule has 0 saturated heterocycles. The molecule has 0 fully saturated rings. The van der Waals surface area contributed by atoms with E-state index in [1.54, 1.807) is 23.0 Å². The number of pyridine rings is 1. The molecule has 0 aliphatic carbocycles. The second-order valence-corrected chi connectivity index (χ2v) is 8.18. The van der Waals surface area contributed by atoms with E-state index < -0.39 is 0 Å². The van der Waals surface area contributed by atoms with Gasteiger partial charge in [0.2, 0.25) is 5.91 Å². The van der Waals surface area contributed by atoms with E-state index in [-0.39, 0.29) is 18.3 Å². The number of hydrogen-bond donors (Lipinski definition) is 0. The minimum Gasteiger partial charge on any atom is -0.337 e. The number of likely N-dealkylation sites (N-methyl/N-ethyl adjacent to an activating group) is 1. The molecule has 0 unspecified atom stereocenters. The molecule has 0 radical (unpaired) electrons. The highest BCUT2D eigenvalue weighted by Gasteiger charge is 2.21. The summed E-state index contributed by atoms with van der Waals surface area (Å²) in [5, 5.41) is 10.1. The summed E-state index contributed by atoms with van der Waals surface area (Å²) < 4.78 is 17.0. The second-order valence-electron chi connectivity index (χ2n) is 8.18. The maximum absolute atomic E-state index is 13.4. The highest BCUT2D eigenvalue weighted by atomic mass is 19.1. The van der Waals surface area contributed by atoms with Gasteiger partial charge in [-0.05, 0) is 63.9 Å². The van der Waals surface area contributed by atoms with Gasteiger partial charge in [0.15, 0.2) is 5.65 Å². The first-order valence-corrected chi connectivity index (χ1v) is 11.2. The third-order valence-electron chi connectivity index (χ3n) is 6.16. The Balaban J connectivity index is 1.63. The van der Waals surface area contributed by atoms with Crippen molar-refractivity contribution in [2.24, 2.45) is 0 Å². The van der Waals surface area contributed by atoms with Gasteiger partial charge >= 0.3 is 0 Å². The summed E-state index contributed by atoms with van der Waals surface area (Å²) >= 11 is 0. The van der Waals surface area contributed by atoms with Gasteiger partial charge in [0.25, 0.3) is 0 Å². The van der Waals surface area contributed by atoms with E-state index in [1.807, 2.05) is 43.3 Å². The minimum absolute atomic E-state index is 0.0288. The van der Waals surface area contributed by atoms with E-state index in [0.717, 1.165) is 45.7 Å². The molecular formula is C25H29FN6O. The first-order chi connectivity index (χ1) is 15.8. The van der Waals surface area contributed by atoms with Crippen LogP contribution in [0.5, 0.6) is 0 Å². The quantitative estimate of drug-likeness (QED) is 0.420. The molecule has 0 spiro atoms. The Bertz CT molecular complexity index is 1300. The Hall–Kier alpha value is -3.55. The van der Waals surface area contributed by atoms with Crippen LogP contribution in [-0.2, 0) is 24.4 Å². The van der Waals surface area contributed by atoms with Crippen LogP contribution in [0.2, 0.25) is 0 Å². The number of nitrogens with zero attached hydrogens (tertiary/aromatic N) is 6. The maximum Gasteiger partial charge on any atom is 0.244 e. The van der Waals surface area contributed by atoms with Crippen molar-refractivity contribution in [3.8, 4) is 11.1 Å². The predicted octanol–water partition coefficient (Wildman–Crippen LogP) is 4.43. The Morgan fingerprint density at radius 3 is 2.33 bits per heavy atom. The lowest BCUT2D eigenvalue weighted by Gasteiger charge is -2.21. The number of aryl methyl sites for hydroxylation is 3. The normalized spacial score (nSPS) is 11.3. The summed E-state index contributed by atoms with van der Waals surface area (Å²) in [6.45, 7) is 12.0. The first kappa shape index (κ1) is 22.6. The summed E-state index contributed by atoms with van der Waals surface area (Å²) in [4.78, 5) is 19.6. The zero-order valence-corrected chi connectivity index (χ0v) is 19.8. The van der Waals surface area contributed by atoms with Crippen molar-refractivity contribution in [1.29, 1.82) is 0 Å². The topological polar surface area (TPSA) is 68.8 Å². The predicted molar refractivity (Wildman–Crippen MR) is 126 cm³/mol. The van der Waals surface area contributed by atoms with Crippen LogP contribution in [0.1, 0.15) is 36.5 Å². The minimum atomic E-state index is -0.281. The van der Waals surface area contributed by atoms with Crippen LogP contribution in [0.3, 0.4) is 0 Å². The maximum atomic E-state index is 13.4. The van der Waals surface area contributed by atoms with Crippen molar-refractivity contribution < 1.29 is 9.18 Å². The Kier molecular flexibility index (Phi) is 6.26. The van der Waals surface area contributed by atoms with Crippen molar-refractivity contribution in [3.63, 3.8) is 0 Å². The number of benzene rings is 1. The summed E-state index contributed by atoms with van der Waals surface area (Å²) in [5.41, 5.74) is 6.35. The molecule has 0 N–H and O–H groups in total. The molecule has 8 heteroatoms. The van der Waals surface area contributed by atoms with Gasteiger partial charge in [0.1, 0.15) is 12.4 Å². The van der Waals surface area contributed by atoms with Crippen molar-refractivity contribution >= 4 is 16.9 Å². The lowest BCUT2D eigenvalue weighted by atomic mass is 10.0. The fraction of sp³-hybridized carbons (Fsp3) is 0.360. The van der Waals surface area contributed by atoms with Gasteiger partial charge in [-0.25, -0.2) is 14.1 Å². The number of fused-ring (bicyclic) bond motifs is 1. The van der Waals surface area contributed by atoms with E-state index in [2.05, 4.69) is 22.1 Å². The number of carbonyl (C=O) groups is 1. The Morgan fingerprint density at radius 1 is 1.00 bits per heavy atom. The van der Waals surface area contributed by atoms with Crippen molar-refractivity contribution in [2.75, 3.05) is 6.54 Å². The van der Waals surface area contributed by atoms with Gasteiger partial charge in [0, 0.05) is 42.5 Å². The fourth-order valence-corrected chi connectivity index (χ4v) is 4.33. The fourth-order valence-electron chi connectivity index (χ4n) is 4.33. The number of aromatic nitrogens is 5. The van der Waals surface area contributed by atoms with Gasteiger partial charge < -0.3 is 4.90 Å². The standard InChI is InChI=1S/C25H29FN6O/c1-6-30(14-22-16(3)28-31(7-2)18(22)5)23(33)15-32-25-24(17(4)29-32)21(12-13-27-25)19-8-10-20(26)11-9-19/h8-13H,6-7,14-15H2,1-5H3. The van der Waals surface area contributed by atoms with Gasteiger partial charge in [-0.3, -0.25) is 9.48 Å². The van der Waals surface area contributed by atoms with E-state index in [9.17, 15) is 9.18 Å². The molecule has 1 amide bonds. The molecule has 1 aromatic carbocycles. The third kappa shape index (κ3) is 4.25. The van der Waals surface area contributed by atoms with Gasteiger partial charge in [-0.15, -0.1) is 0 Å². The molecule has 0 saturated carbocycles. The smallest absolute Gasteiger partial charge is 0.244 e. The lowest BCUT2D eigenvalue weighted by molar-refractivity contribution is -0.132. The summed E-state index contributed by atoms with van der Waals surface area (Å²) in [5.74, 6) is -0.310. The average molecular weight is 449 g/mol. The number of hydrogen-bond acceptors (Lipinski definition) is 4. The zero-order valence-electron chi connectivity index (χ0n) is 19.8. The molecular weight excluding hydrogens is 419 g/mol. The van der Waals surface area contributed by atoms with Gasteiger partial charge in [-0.2, -0.15) is 10.2 Å². The van der Waals surface area contributed by atoms with E-state index in [4.69, 9.17) is 0 Å². The van der Waals surface area contributed by atoms with Crippen molar-refractivity contribution in [2.45, 2.75) is 54.3 Å². The van der Waals surface area contributed by atoms with Crippen LogP contribution < -0.4 is 0 Å². The number of amides is 1. The largest absolute Gasteiger partial charge is 0.337 e. The van der Waals surface area contributed by atoms with E-state index >= 15 is 0 Å². The third-order valence-corrected chi connectivity index (χ3v) is 6.16. The molecule has 0 aliphatic heterocycles. The van der Waals surface area contributed by atoms with Crippen LogP contribution in [0, 0.1) is 26.6 Å². The average Bonchev–Trinajstić information content (AvgIpc) is 3.27. The number of carbonyl (C=O) groups excluding carboxylic acids is 1. The molecule has 0 aliphatic rings. The SMILES string of the molecule is CCN(Cc1c(C)nn(CC)c1C)C(=O)Cn1nc(C)c2c(-c3ccc(F)cc3)ccnc21. The van der Waals surface area contributed by atoms with Crippen molar-refractivity contribution in [3.05, 3.63) is 65.0 Å². The van der Waals surface area contributed by atoms with Gasteiger partial charge in [0.05, 0.1) is 11.4 Å². The molecule has 33 heavy (non-hydrogen) atoms. The molecule has 4 aromatic rings. The Morgan fingerprint density at radius 2 is 1.70 bits per heavy atom. The van der Waals surface area contributed by atoms with E-state index in [1.165, 1.54) is 12.1 Å². The first-order valence-electron chi connectivity index (χ1n) is 11.2. The van der Waals surface area contributed by atoms with Gasteiger partial charge in [-0.1, -0.05) is 12.1 Å². The lowest BCUT2D eigenvalue weighted by Crippen LogP contribution is -2.34. The van der Waals surface area contributed by atoms with Crippen LogP contribution in [0.25, 0.3) is 22.2 Å². The molecule has 3 aromatic heterocycles. The van der Waals surface area contributed by atoms with Crippen LogP contribution in [0.4, 0.5) is 4.39 Å². The highest BCUT2D eigenvalue weighted by molar-refractivity contribution is 5.95. The molecule has 0 atom stereocenters. The van der Waals surface area contributed by atoms with Crippen LogP contribution >= 0.6 is 0 Å². The monoisotopic (exact) mass is 448 g/mol. The molecule has 0 bridgehead atoms. The molecule has 3 heterocycles. The van der Waals surface area contributed by atoms with Crippen LogP contribution in [0.15, 0.2) is 36.5 Å². The highest BCUT2D eigenvalue weighted by Crippen LogP contribution is 2.30. The Labute approximate surface area is 192 Å². The molecule has 4 rings (SSSR count). The van der Waals surface area contributed by atoms with Crippen molar-refractivity contribution in [1.82, 2.24) is 29.4 Å². The molecule has 172 valence electrons. The zero-order chi connectivity index (χ0) is 23.7. The summed E-state index contributed by atoms with van der Waals surface area (Å²) in [7, 11) is 0. The van der Waals surface area contributed by atoms with Crippen LogP contribution in [-0.4, -0.2) is 41.9 Å². The molecule has 7 nitrogen and oxygen atoms in total. The second kappa shape index (κ2) is 9.13. The number of rotatable bonds is 7. The van der Waals surface area contributed by atoms with E-state index in [0.29, 0.717) is 18.7 Å².